The summed E-state index contributed by atoms with van der Waals surface area (Å²) in [5, 5.41) is 6.58. The number of carbonyl (C=O) groups excluding carboxylic acids is 2. The second-order valence-corrected chi connectivity index (χ2v) is 4.43. The molecule has 0 spiro atoms. The Labute approximate surface area is 121 Å². The summed E-state index contributed by atoms with van der Waals surface area (Å²) < 4.78 is 6.16. The molecule has 1 aromatic carbocycles. The van der Waals surface area contributed by atoms with Crippen LogP contribution in [0.4, 0.5) is 0 Å². The first-order valence-corrected chi connectivity index (χ1v) is 6.40. The van der Waals surface area contributed by atoms with Crippen molar-refractivity contribution in [3.63, 3.8) is 0 Å². The van der Waals surface area contributed by atoms with Crippen molar-refractivity contribution in [3.05, 3.63) is 48.5 Å². The highest BCUT2D eigenvalue weighted by Crippen LogP contribution is 2.15. The van der Waals surface area contributed by atoms with E-state index in [0.717, 1.165) is 0 Å². The van der Waals surface area contributed by atoms with Crippen molar-refractivity contribution in [1.29, 1.82) is 0 Å². The third kappa shape index (κ3) is 3.44. The zero-order valence-electron chi connectivity index (χ0n) is 11.8. The Kier molecular flexibility index (Phi) is 4.65. The number of rotatable bonds is 5. The second-order valence-electron chi connectivity index (χ2n) is 4.43. The molecule has 0 bridgehead atoms. The van der Waals surface area contributed by atoms with E-state index in [0.29, 0.717) is 5.56 Å². The molecule has 110 valence electrons. The number of carbonyl (C=O) groups is 2. The maximum atomic E-state index is 12.2. The zero-order chi connectivity index (χ0) is 15.2. The summed E-state index contributed by atoms with van der Waals surface area (Å²) in [6, 6.07) is 7.48. The van der Waals surface area contributed by atoms with Crippen molar-refractivity contribution >= 4 is 11.9 Å². The SMILES string of the molecule is COC(=O)C(NC(=O)C(C)n1cncn1)c1ccccc1. The van der Waals surface area contributed by atoms with Gasteiger partial charge in [0.2, 0.25) is 5.91 Å². The lowest BCUT2D eigenvalue weighted by molar-refractivity contribution is -0.145. The molecule has 2 rings (SSSR count). The Morgan fingerprint density at radius 1 is 1.29 bits per heavy atom. The van der Waals surface area contributed by atoms with E-state index in [2.05, 4.69) is 15.4 Å². The van der Waals surface area contributed by atoms with Gasteiger partial charge in [0.05, 0.1) is 7.11 Å². The van der Waals surface area contributed by atoms with Crippen LogP contribution in [0.3, 0.4) is 0 Å². The summed E-state index contributed by atoms with van der Waals surface area (Å²) in [6.07, 6.45) is 2.79. The quantitative estimate of drug-likeness (QED) is 0.825. The fourth-order valence-electron chi connectivity index (χ4n) is 1.84. The Morgan fingerprint density at radius 2 is 2.00 bits per heavy atom. The van der Waals surface area contributed by atoms with Gasteiger partial charge in [-0.15, -0.1) is 0 Å². The van der Waals surface area contributed by atoms with Gasteiger partial charge in [0, 0.05) is 0 Å². The average molecular weight is 288 g/mol. The fourth-order valence-corrected chi connectivity index (χ4v) is 1.84. The van der Waals surface area contributed by atoms with Crippen LogP contribution in [0.25, 0.3) is 0 Å². The Balaban J connectivity index is 2.16. The number of nitrogens with one attached hydrogen (secondary N) is 1. The molecule has 0 aliphatic carbocycles. The molecule has 0 radical (unpaired) electrons. The third-order valence-electron chi connectivity index (χ3n) is 3.07. The van der Waals surface area contributed by atoms with Crippen molar-refractivity contribution in [1.82, 2.24) is 20.1 Å². The standard InChI is InChI=1S/C14H16N4O3/c1-10(18-9-15-8-16-18)13(19)17-12(14(20)21-2)11-6-4-3-5-7-11/h3-10,12H,1-2H3,(H,17,19). The largest absolute Gasteiger partial charge is 0.467 e. The van der Waals surface area contributed by atoms with Crippen LogP contribution in [-0.2, 0) is 14.3 Å². The number of hydrogen-bond acceptors (Lipinski definition) is 5. The van der Waals surface area contributed by atoms with Gasteiger partial charge in [-0.05, 0) is 12.5 Å². The van der Waals surface area contributed by atoms with Gasteiger partial charge in [0.1, 0.15) is 18.7 Å². The molecule has 2 aromatic rings. The van der Waals surface area contributed by atoms with Crippen molar-refractivity contribution in [3.8, 4) is 0 Å². The number of hydrogen-bond donors (Lipinski definition) is 1. The van der Waals surface area contributed by atoms with Gasteiger partial charge in [-0.25, -0.2) is 14.5 Å². The molecule has 0 aliphatic heterocycles. The predicted molar refractivity (Wildman–Crippen MR) is 74.1 cm³/mol. The molecular weight excluding hydrogens is 272 g/mol. The Morgan fingerprint density at radius 3 is 2.57 bits per heavy atom. The fraction of sp³-hybridized carbons (Fsp3) is 0.286. The number of ether oxygens (including phenoxy) is 1. The Hall–Kier alpha value is -2.70. The number of esters is 1. The van der Waals surface area contributed by atoms with E-state index in [-0.39, 0.29) is 5.91 Å². The molecule has 7 heteroatoms. The highest BCUT2D eigenvalue weighted by molar-refractivity contribution is 5.87. The van der Waals surface area contributed by atoms with Crippen LogP contribution in [0.5, 0.6) is 0 Å². The van der Waals surface area contributed by atoms with E-state index in [1.165, 1.54) is 24.4 Å². The number of amides is 1. The zero-order valence-corrected chi connectivity index (χ0v) is 11.8. The molecule has 2 unspecified atom stereocenters. The predicted octanol–water partition coefficient (Wildman–Crippen LogP) is 0.870. The van der Waals surface area contributed by atoms with Gasteiger partial charge < -0.3 is 10.1 Å². The molecule has 0 aliphatic rings. The monoisotopic (exact) mass is 288 g/mol. The summed E-state index contributed by atoms with van der Waals surface area (Å²) in [4.78, 5) is 27.9. The number of nitrogens with zero attached hydrogens (tertiary/aromatic N) is 3. The lowest BCUT2D eigenvalue weighted by Gasteiger charge is -2.19. The van der Waals surface area contributed by atoms with Crippen molar-refractivity contribution in [2.24, 2.45) is 0 Å². The Bertz CT molecular complexity index is 598. The van der Waals surface area contributed by atoms with E-state index in [1.807, 2.05) is 6.07 Å². The smallest absolute Gasteiger partial charge is 0.333 e. The minimum absolute atomic E-state index is 0.347. The lowest BCUT2D eigenvalue weighted by Crippen LogP contribution is -2.38. The van der Waals surface area contributed by atoms with Crippen LogP contribution in [0, 0.1) is 0 Å². The summed E-state index contributed by atoms with van der Waals surface area (Å²) in [6.45, 7) is 1.67. The van der Waals surface area contributed by atoms with Gasteiger partial charge in [0.15, 0.2) is 6.04 Å². The third-order valence-corrected chi connectivity index (χ3v) is 3.07. The average Bonchev–Trinajstić information content (AvgIpc) is 3.06. The van der Waals surface area contributed by atoms with Crippen LogP contribution in [0.2, 0.25) is 0 Å². The number of methoxy groups -OCH3 is 1. The van der Waals surface area contributed by atoms with E-state index in [1.54, 1.807) is 31.2 Å². The van der Waals surface area contributed by atoms with E-state index in [9.17, 15) is 9.59 Å². The minimum Gasteiger partial charge on any atom is -0.467 e. The van der Waals surface area contributed by atoms with Gasteiger partial charge in [-0.3, -0.25) is 4.79 Å². The first-order chi connectivity index (χ1) is 10.1. The van der Waals surface area contributed by atoms with Crippen LogP contribution in [-0.4, -0.2) is 33.8 Å². The molecule has 0 fully saturated rings. The highest BCUT2D eigenvalue weighted by Gasteiger charge is 2.26. The van der Waals surface area contributed by atoms with Gasteiger partial charge in [-0.2, -0.15) is 5.10 Å². The topological polar surface area (TPSA) is 86.1 Å². The first-order valence-electron chi connectivity index (χ1n) is 6.40. The van der Waals surface area contributed by atoms with Gasteiger partial charge in [-0.1, -0.05) is 30.3 Å². The minimum atomic E-state index is -0.852. The molecule has 0 saturated carbocycles. The van der Waals surface area contributed by atoms with Gasteiger partial charge in [0.25, 0.3) is 0 Å². The molecular formula is C14H16N4O3. The summed E-state index contributed by atoms with van der Waals surface area (Å²) >= 11 is 0. The number of benzene rings is 1. The molecule has 1 aromatic heterocycles. The molecule has 1 amide bonds. The van der Waals surface area contributed by atoms with Crippen molar-refractivity contribution in [2.75, 3.05) is 7.11 Å². The molecule has 1 heterocycles. The molecule has 21 heavy (non-hydrogen) atoms. The van der Waals surface area contributed by atoms with E-state index >= 15 is 0 Å². The molecule has 1 N–H and O–H groups in total. The van der Waals surface area contributed by atoms with Crippen molar-refractivity contribution < 1.29 is 14.3 Å². The van der Waals surface area contributed by atoms with E-state index in [4.69, 9.17) is 4.74 Å². The lowest BCUT2D eigenvalue weighted by atomic mass is 10.1. The molecule has 0 saturated heterocycles. The van der Waals surface area contributed by atoms with Crippen molar-refractivity contribution in [2.45, 2.75) is 19.0 Å². The summed E-state index contributed by atoms with van der Waals surface area (Å²) in [5.74, 6) is -0.875. The maximum absolute atomic E-state index is 12.2. The molecule has 7 nitrogen and oxygen atoms in total. The first kappa shape index (κ1) is 14.7. The maximum Gasteiger partial charge on any atom is 0.333 e. The summed E-state index contributed by atoms with van der Waals surface area (Å²) in [5.41, 5.74) is 0.656. The second kappa shape index (κ2) is 6.65. The summed E-state index contributed by atoms with van der Waals surface area (Å²) in [7, 11) is 1.28. The van der Waals surface area contributed by atoms with Crippen LogP contribution >= 0.6 is 0 Å². The van der Waals surface area contributed by atoms with Crippen LogP contribution in [0.1, 0.15) is 24.6 Å². The molecule has 2 atom stereocenters. The van der Waals surface area contributed by atoms with E-state index < -0.39 is 18.1 Å². The van der Waals surface area contributed by atoms with Crippen LogP contribution < -0.4 is 5.32 Å². The normalized spacial score (nSPS) is 13.2. The highest BCUT2D eigenvalue weighted by atomic mass is 16.5. The number of aromatic nitrogens is 3. The van der Waals surface area contributed by atoms with Gasteiger partial charge >= 0.3 is 5.97 Å². The van der Waals surface area contributed by atoms with Crippen LogP contribution in [0.15, 0.2) is 43.0 Å².